The highest BCUT2D eigenvalue weighted by atomic mass is 16.5. The van der Waals surface area contributed by atoms with Crippen LogP contribution in [0.5, 0.6) is 17.2 Å². The average molecular weight is 301 g/mol. The van der Waals surface area contributed by atoms with Gasteiger partial charge < -0.3 is 19.1 Å². The van der Waals surface area contributed by atoms with Crippen molar-refractivity contribution < 1.29 is 19.0 Å². The van der Waals surface area contributed by atoms with Crippen molar-refractivity contribution in [3.63, 3.8) is 0 Å². The van der Waals surface area contributed by atoms with Gasteiger partial charge in [-0.1, -0.05) is 18.2 Å². The zero-order chi connectivity index (χ0) is 16.1. The lowest BCUT2D eigenvalue weighted by molar-refractivity contribution is 0.0987. The number of hydrogen-bond acceptors (Lipinski definition) is 4. The van der Waals surface area contributed by atoms with E-state index in [2.05, 4.69) is 0 Å². The van der Waals surface area contributed by atoms with E-state index in [1.165, 1.54) is 14.2 Å². The molecule has 0 saturated carbocycles. The molecule has 5 nitrogen and oxygen atoms in total. The average Bonchev–Trinajstić information content (AvgIpc) is 2.59. The van der Waals surface area contributed by atoms with Gasteiger partial charge in [0, 0.05) is 24.9 Å². The van der Waals surface area contributed by atoms with Crippen molar-refractivity contribution in [1.82, 2.24) is 0 Å². The van der Waals surface area contributed by atoms with Gasteiger partial charge in [0.2, 0.25) is 0 Å². The molecule has 22 heavy (non-hydrogen) atoms. The second-order valence-corrected chi connectivity index (χ2v) is 4.61. The van der Waals surface area contributed by atoms with E-state index >= 15 is 0 Å². The van der Waals surface area contributed by atoms with Gasteiger partial charge in [-0.3, -0.25) is 4.79 Å². The fourth-order valence-electron chi connectivity index (χ4n) is 2.15. The Kier molecular flexibility index (Phi) is 4.88. The first-order valence-corrected chi connectivity index (χ1v) is 6.75. The molecule has 2 aromatic rings. The molecule has 0 aliphatic heterocycles. The van der Waals surface area contributed by atoms with Crippen LogP contribution < -0.4 is 19.1 Å². The predicted molar refractivity (Wildman–Crippen MR) is 85.3 cm³/mol. The summed E-state index contributed by atoms with van der Waals surface area (Å²) in [6.45, 7) is 0. The monoisotopic (exact) mass is 301 g/mol. The van der Waals surface area contributed by atoms with Gasteiger partial charge in [-0.15, -0.1) is 0 Å². The summed E-state index contributed by atoms with van der Waals surface area (Å²) in [5.74, 6) is 1.16. The third kappa shape index (κ3) is 2.98. The molecule has 116 valence electrons. The number of carbonyl (C=O) groups excluding carboxylic acids is 1. The number of hydrogen-bond donors (Lipinski definition) is 0. The highest BCUT2D eigenvalue weighted by Gasteiger charge is 2.24. The fraction of sp³-hybridized carbons (Fsp3) is 0.235. The van der Waals surface area contributed by atoms with E-state index in [9.17, 15) is 4.79 Å². The number of para-hydroxylation sites is 1. The van der Waals surface area contributed by atoms with E-state index in [1.54, 1.807) is 31.2 Å². The van der Waals surface area contributed by atoms with E-state index in [4.69, 9.17) is 14.2 Å². The van der Waals surface area contributed by atoms with Crippen LogP contribution in [0.3, 0.4) is 0 Å². The predicted octanol–water partition coefficient (Wildman–Crippen LogP) is 2.99. The summed E-state index contributed by atoms with van der Waals surface area (Å²) in [5, 5.41) is 0. The Bertz CT molecular complexity index is 630. The maximum Gasteiger partial charge on any atom is 0.265 e. The quantitative estimate of drug-likeness (QED) is 0.852. The third-order valence-electron chi connectivity index (χ3n) is 3.38. The first-order chi connectivity index (χ1) is 10.6. The summed E-state index contributed by atoms with van der Waals surface area (Å²) in [7, 11) is 6.27. The lowest BCUT2D eigenvalue weighted by Crippen LogP contribution is -2.27. The van der Waals surface area contributed by atoms with Crippen molar-refractivity contribution in [2.45, 2.75) is 0 Å². The summed E-state index contributed by atoms with van der Waals surface area (Å²) in [5.41, 5.74) is 1.14. The largest absolute Gasteiger partial charge is 0.496 e. The van der Waals surface area contributed by atoms with Crippen molar-refractivity contribution in [3.8, 4) is 17.2 Å². The van der Waals surface area contributed by atoms with Gasteiger partial charge >= 0.3 is 0 Å². The highest BCUT2D eigenvalue weighted by Crippen LogP contribution is 2.35. The van der Waals surface area contributed by atoms with Gasteiger partial charge in [-0.25, -0.2) is 0 Å². The molecule has 0 spiro atoms. The van der Waals surface area contributed by atoms with E-state index in [-0.39, 0.29) is 5.91 Å². The van der Waals surface area contributed by atoms with Crippen LogP contribution in [0.2, 0.25) is 0 Å². The summed E-state index contributed by atoms with van der Waals surface area (Å²) in [6, 6.07) is 12.7. The lowest BCUT2D eigenvalue weighted by Gasteiger charge is -2.21. The van der Waals surface area contributed by atoms with Crippen molar-refractivity contribution in [2.24, 2.45) is 0 Å². The molecule has 0 bridgehead atoms. The number of benzene rings is 2. The van der Waals surface area contributed by atoms with Crippen molar-refractivity contribution >= 4 is 11.6 Å². The second kappa shape index (κ2) is 6.85. The third-order valence-corrected chi connectivity index (χ3v) is 3.38. The molecule has 0 aliphatic rings. The van der Waals surface area contributed by atoms with Crippen molar-refractivity contribution in [2.75, 3.05) is 33.3 Å². The second-order valence-electron chi connectivity index (χ2n) is 4.61. The molecule has 0 unspecified atom stereocenters. The summed E-state index contributed by atoms with van der Waals surface area (Å²) in [4.78, 5) is 14.4. The molecule has 0 atom stereocenters. The highest BCUT2D eigenvalue weighted by molar-refractivity contribution is 6.09. The fourth-order valence-corrected chi connectivity index (χ4v) is 2.15. The maximum absolute atomic E-state index is 12.8. The Morgan fingerprint density at radius 2 is 1.45 bits per heavy atom. The van der Waals surface area contributed by atoms with Gasteiger partial charge in [-0.2, -0.15) is 0 Å². The molecule has 0 saturated heterocycles. The zero-order valence-electron chi connectivity index (χ0n) is 13.1. The zero-order valence-corrected chi connectivity index (χ0v) is 13.1. The van der Waals surface area contributed by atoms with Gasteiger partial charge in [0.15, 0.2) is 0 Å². The lowest BCUT2D eigenvalue weighted by atomic mass is 10.1. The van der Waals surface area contributed by atoms with Gasteiger partial charge in [0.25, 0.3) is 5.91 Å². The molecular formula is C17H19NO4. The summed E-state index contributed by atoms with van der Waals surface area (Å²) < 4.78 is 15.9. The normalized spacial score (nSPS) is 10.0. The van der Waals surface area contributed by atoms with Crippen LogP contribution in [0.4, 0.5) is 5.69 Å². The van der Waals surface area contributed by atoms with Crippen LogP contribution >= 0.6 is 0 Å². The Labute approximate surface area is 130 Å². The van der Waals surface area contributed by atoms with Crippen LogP contribution in [0.25, 0.3) is 0 Å². The Morgan fingerprint density at radius 1 is 0.909 bits per heavy atom. The molecule has 1 amide bonds. The van der Waals surface area contributed by atoms with Crippen molar-refractivity contribution in [1.29, 1.82) is 0 Å². The number of rotatable bonds is 5. The molecule has 0 fully saturated rings. The molecule has 0 aromatic heterocycles. The van der Waals surface area contributed by atoms with E-state index in [0.29, 0.717) is 22.8 Å². The molecule has 0 heterocycles. The van der Waals surface area contributed by atoms with Crippen LogP contribution in [0, 0.1) is 0 Å². The number of ether oxygens (including phenoxy) is 3. The van der Waals surface area contributed by atoms with Gasteiger partial charge in [0.1, 0.15) is 22.8 Å². The first kappa shape index (κ1) is 15.7. The topological polar surface area (TPSA) is 48.0 Å². The standard InChI is InChI=1S/C17H19NO4/c1-18(12-8-6-5-7-9-12)17(19)16-14(21-3)10-13(20-2)11-15(16)22-4/h5-11H,1-4H3. The molecule has 0 radical (unpaired) electrons. The van der Waals surface area contributed by atoms with Crippen LogP contribution in [-0.2, 0) is 0 Å². The minimum absolute atomic E-state index is 0.220. The van der Waals surface area contributed by atoms with Gasteiger partial charge in [-0.05, 0) is 12.1 Å². The molecular weight excluding hydrogens is 282 g/mol. The number of nitrogens with zero attached hydrogens (tertiary/aromatic N) is 1. The molecule has 5 heteroatoms. The SMILES string of the molecule is COc1cc(OC)c(C(=O)N(C)c2ccccc2)c(OC)c1. The number of methoxy groups -OCH3 is 3. The van der Waals surface area contributed by atoms with E-state index < -0.39 is 0 Å². The van der Waals surface area contributed by atoms with Crippen molar-refractivity contribution in [3.05, 3.63) is 48.0 Å². The Hall–Kier alpha value is -2.69. The number of amides is 1. The summed E-state index contributed by atoms with van der Waals surface area (Å²) in [6.07, 6.45) is 0. The molecule has 0 N–H and O–H groups in total. The molecule has 2 rings (SSSR count). The smallest absolute Gasteiger partial charge is 0.265 e. The molecule has 2 aromatic carbocycles. The number of anilines is 1. The van der Waals surface area contributed by atoms with Crippen LogP contribution in [-0.4, -0.2) is 34.3 Å². The van der Waals surface area contributed by atoms with Crippen LogP contribution in [0.15, 0.2) is 42.5 Å². The van der Waals surface area contributed by atoms with Crippen LogP contribution in [0.1, 0.15) is 10.4 Å². The minimum Gasteiger partial charge on any atom is -0.496 e. The molecule has 0 aliphatic carbocycles. The van der Waals surface area contributed by atoms with Gasteiger partial charge in [0.05, 0.1) is 21.3 Å². The number of carbonyl (C=O) groups is 1. The Morgan fingerprint density at radius 3 is 1.91 bits per heavy atom. The maximum atomic E-state index is 12.8. The minimum atomic E-state index is -0.220. The summed E-state index contributed by atoms with van der Waals surface area (Å²) >= 11 is 0. The Balaban J connectivity index is 2.48. The first-order valence-electron chi connectivity index (χ1n) is 6.75. The van der Waals surface area contributed by atoms with E-state index in [0.717, 1.165) is 5.69 Å². The van der Waals surface area contributed by atoms with E-state index in [1.807, 2.05) is 30.3 Å².